The van der Waals surface area contributed by atoms with Gasteiger partial charge in [-0.1, -0.05) is 13.8 Å². The largest absolute Gasteiger partial charge is 0.481 e. The Morgan fingerprint density at radius 2 is 2.27 bits per heavy atom. The molecule has 0 saturated carbocycles. The van der Waals surface area contributed by atoms with E-state index in [9.17, 15) is 9.90 Å². The number of carboxylic acids is 1. The third kappa shape index (κ3) is 3.80. The van der Waals surface area contributed by atoms with Crippen LogP contribution in [0.25, 0.3) is 0 Å². The third-order valence-electron chi connectivity index (χ3n) is 3.03. The van der Waals surface area contributed by atoms with Gasteiger partial charge in [0.05, 0.1) is 11.7 Å². The van der Waals surface area contributed by atoms with E-state index in [4.69, 9.17) is 9.84 Å². The van der Waals surface area contributed by atoms with Crippen molar-refractivity contribution in [2.24, 2.45) is 5.92 Å². The van der Waals surface area contributed by atoms with E-state index in [0.717, 1.165) is 0 Å². The summed E-state index contributed by atoms with van der Waals surface area (Å²) in [4.78, 5) is 10.5. The molecule has 1 aliphatic rings. The van der Waals surface area contributed by atoms with Gasteiger partial charge in [0, 0.05) is 19.4 Å². The molecule has 2 atom stereocenters. The summed E-state index contributed by atoms with van der Waals surface area (Å²) in [5.74, 6) is -0.488. The molecule has 0 aromatic carbocycles. The molecule has 1 heterocycles. The van der Waals surface area contributed by atoms with E-state index >= 15 is 0 Å². The normalized spacial score (nSPS) is 31.9. The van der Waals surface area contributed by atoms with Crippen LogP contribution < -0.4 is 0 Å². The summed E-state index contributed by atoms with van der Waals surface area (Å²) in [6.45, 7) is 4.63. The fraction of sp³-hybridized carbons (Fsp3) is 0.909. The first-order chi connectivity index (χ1) is 6.93. The van der Waals surface area contributed by atoms with Gasteiger partial charge >= 0.3 is 5.97 Å². The van der Waals surface area contributed by atoms with Gasteiger partial charge in [-0.3, -0.25) is 4.79 Å². The van der Waals surface area contributed by atoms with Crippen LogP contribution >= 0.6 is 0 Å². The van der Waals surface area contributed by atoms with E-state index in [-0.39, 0.29) is 12.5 Å². The second kappa shape index (κ2) is 4.94. The quantitative estimate of drug-likeness (QED) is 0.745. The first-order valence-electron chi connectivity index (χ1n) is 5.49. The average molecular weight is 216 g/mol. The van der Waals surface area contributed by atoms with Crippen molar-refractivity contribution in [3.8, 4) is 0 Å². The number of aliphatic hydroxyl groups is 1. The van der Waals surface area contributed by atoms with E-state index in [1.165, 1.54) is 0 Å². The van der Waals surface area contributed by atoms with Crippen molar-refractivity contribution in [3.63, 3.8) is 0 Å². The van der Waals surface area contributed by atoms with Crippen molar-refractivity contribution in [2.75, 3.05) is 6.61 Å². The van der Waals surface area contributed by atoms with Gasteiger partial charge in [0.25, 0.3) is 0 Å². The highest BCUT2D eigenvalue weighted by Crippen LogP contribution is 2.31. The summed E-state index contributed by atoms with van der Waals surface area (Å²) >= 11 is 0. The molecule has 1 aliphatic heterocycles. The molecule has 15 heavy (non-hydrogen) atoms. The Morgan fingerprint density at radius 3 is 2.80 bits per heavy atom. The van der Waals surface area contributed by atoms with Crippen molar-refractivity contribution in [1.29, 1.82) is 0 Å². The molecular weight excluding hydrogens is 196 g/mol. The van der Waals surface area contributed by atoms with Crippen LogP contribution in [0.15, 0.2) is 0 Å². The summed E-state index contributed by atoms with van der Waals surface area (Å²) in [6, 6.07) is 0. The van der Waals surface area contributed by atoms with Crippen LogP contribution in [0.1, 0.15) is 39.5 Å². The Bertz CT molecular complexity index is 227. The van der Waals surface area contributed by atoms with E-state index in [0.29, 0.717) is 31.8 Å². The van der Waals surface area contributed by atoms with Crippen LogP contribution in [0.3, 0.4) is 0 Å². The molecule has 2 N–H and O–H groups in total. The van der Waals surface area contributed by atoms with Crippen molar-refractivity contribution in [2.45, 2.75) is 51.2 Å². The second-order valence-corrected chi connectivity index (χ2v) is 4.73. The molecule has 0 bridgehead atoms. The van der Waals surface area contributed by atoms with Gasteiger partial charge < -0.3 is 14.9 Å². The summed E-state index contributed by atoms with van der Waals surface area (Å²) in [5, 5.41) is 18.8. The molecule has 2 unspecified atom stereocenters. The summed E-state index contributed by atoms with van der Waals surface area (Å²) in [6.07, 6.45) is 1.51. The van der Waals surface area contributed by atoms with Gasteiger partial charge in [0.1, 0.15) is 0 Å². The molecule has 1 rings (SSSR count). The Labute approximate surface area is 90.2 Å². The number of hydrogen-bond acceptors (Lipinski definition) is 3. The molecule has 0 spiro atoms. The molecule has 88 valence electrons. The minimum absolute atomic E-state index is 0.0291. The Hall–Kier alpha value is -0.610. The summed E-state index contributed by atoms with van der Waals surface area (Å²) in [5.41, 5.74) is -0.842. The van der Waals surface area contributed by atoms with E-state index in [2.05, 4.69) is 0 Å². The number of rotatable bonds is 4. The van der Waals surface area contributed by atoms with Gasteiger partial charge in [-0.2, -0.15) is 0 Å². The van der Waals surface area contributed by atoms with Crippen LogP contribution in [0.4, 0.5) is 0 Å². The molecule has 0 radical (unpaired) electrons. The smallest absolute Gasteiger partial charge is 0.303 e. The highest BCUT2D eigenvalue weighted by Gasteiger charge is 2.36. The van der Waals surface area contributed by atoms with E-state index in [1.54, 1.807) is 0 Å². The molecule has 4 heteroatoms. The maximum absolute atomic E-state index is 10.5. The molecule has 4 nitrogen and oxygen atoms in total. The van der Waals surface area contributed by atoms with Crippen LogP contribution in [-0.4, -0.2) is 34.5 Å². The number of hydrogen-bond donors (Lipinski definition) is 2. The van der Waals surface area contributed by atoms with E-state index in [1.807, 2.05) is 13.8 Å². The first-order valence-corrected chi connectivity index (χ1v) is 5.49. The fourth-order valence-corrected chi connectivity index (χ4v) is 1.93. The maximum atomic E-state index is 10.5. The zero-order valence-corrected chi connectivity index (χ0v) is 9.40. The highest BCUT2D eigenvalue weighted by atomic mass is 16.5. The lowest BCUT2D eigenvalue weighted by Gasteiger charge is -2.38. The lowest BCUT2D eigenvalue weighted by atomic mass is 9.83. The molecule has 1 fully saturated rings. The SMILES string of the molecule is CC(C)C1CC(O)(CCC(=O)O)CCO1. The fourth-order valence-electron chi connectivity index (χ4n) is 1.93. The van der Waals surface area contributed by atoms with Crippen molar-refractivity contribution in [3.05, 3.63) is 0 Å². The Morgan fingerprint density at radius 1 is 1.60 bits per heavy atom. The lowest BCUT2D eigenvalue weighted by molar-refractivity contribution is -0.143. The predicted molar refractivity (Wildman–Crippen MR) is 55.6 cm³/mol. The van der Waals surface area contributed by atoms with Gasteiger partial charge in [0.15, 0.2) is 0 Å². The minimum Gasteiger partial charge on any atom is -0.481 e. The number of ether oxygens (including phenoxy) is 1. The molecule has 0 amide bonds. The van der Waals surface area contributed by atoms with Crippen LogP contribution in [-0.2, 0) is 9.53 Å². The molecule has 1 saturated heterocycles. The van der Waals surface area contributed by atoms with Gasteiger partial charge in [0.2, 0.25) is 0 Å². The average Bonchev–Trinajstić information content (AvgIpc) is 2.15. The lowest BCUT2D eigenvalue weighted by Crippen LogP contribution is -2.43. The summed E-state index contributed by atoms with van der Waals surface area (Å²) in [7, 11) is 0. The van der Waals surface area contributed by atoms with Crippen LogP contribution in [0, 0.1) is 5.92 Å². The maximum Gasteiger partial charge on any atom is 0.303 e. The van der Waals surface area contributed by atoms with Gasteiger partial charge in [-0.25, -0.2) is 0 Å². The molecule has 0 aliphatic carbocycles. The molecule has 0 aromatic rings. The van der Waals surface area contributed by atoms with Gasteiger partial charge in [-0.05, 0) is 18.8 Å². The Balaban J connectivity index is 2.48. The predicted octanol–water partition coefficient (Wildman–Crippen LogP) is 1.42. The zero-order chi connectivity index (χ0) is 11.5. The van der Waals surface area contributed by atoms with E-state index < -0.39 is 11.6 Å². The zero-order valence-electron chi connectivity index (χ0n) is 9.40. The standard InChI is InChI=1S/C11H20O4/c1-8(2)9-7-11(14,5-6-15-9)4-3-10(12)13/h8-9,14H,3-7H2,1-2H3,(H,12,13). The minimum atomic E-state index is -0.851. The van der Waals surface area contributed by atoms with Crippen molar-refractivity contribution < 1.29 is 19.7 Å². The van der Waals surface area contributed by atoms with Crippen LogP contribution in [0.2, 0.25) is 0 Å². The third-order valence-corrected chi connectivity index (χ3v) is 3.03. The molecular formula is C11H20O4. The van der Waals surface area contributed by atoms with Crippen molar-refractivity contribution in [1.82, 2.24) is 0 Å². The Kier molecular flexibility index (Phi) is 4.11. The number of carbonyl (C=O) groups is 1. The van der Waals surface area contributed by atoms with Gasteiger partial charge in [-0.15, -0.1) is 0 Å². The molecule has 0 aromatic heterocycles. The number of carboxylic acid groups (broad SMARTS) is 1. The summed E-state index contributed by atoms with van der Waals surface area (Å²) < 4.78 is 5.53. The van der Waals surface area contributed by atoms with Crippen molar-refractivity contribution >= 4 is 5.97 Å². The second-order valence-electron chi connectivity index (χ2n) is 4.73. The number of aliphatic carboxylic acids is 1. The topological polar surface area (TPSA) is 66.8 Å². The monoisotopic (exact) mass is 216 g/mol. The first kappa shape index (κ1) is 12.5. The highest BCUT2D eigenvalue weighted by molar-refractivity contribution is 5.66. The van der Waals surface area contributed by atoms with Crippen LogP contribution in [0.5, 0.6) is 0 Å².